The SMILES string of the molecule is CC(C)NC(=O)[C@H]1COC[C@H]2CN(Cc3ccncc3)C[C@H]21. The highest BCUT2D eigenvalue weighted by molar-refractivity contribution is 5.79. The van der Waals surface area contributed by atoms with E-state index in [0.717, 1.165) is 26.2 Å². The van der Waals surface area contributed by atoms with Crippen LogP contribution in [0.25, 0.3) is 0 Å². The standard InChI is InChI=1S/C17H25N3O2/c1-12(2)19-17(21)16-11-22-10-14-8-20(9-15(14)16)7-13-3-5-18-6-4-13/h3-6,12,14-16H,7-11H2,1-2H3,(H,19,21)/t14-,15-,16+/m1/s1. The zero-order valence-corrected chi connectivity index (χ0v) is 13.4. The minimum Gasteiger partial charge on any atom is -0.380 e. The minimum atomic E-state index is -0.0106. The fourth-order valence-corrected chi connectivity index (χ4v) is 3.63. The van der Waals surface area contributed by atoms with Crippen molar-refractivity contribution >= 4 is 5.91 Å². The van der Waals surface area contributed by atoms with Crippen molar-refractivity contribution in [3.63, 3.8) is 0 Å². The molecule has 0 saturated carbocycles. The summed E-state index contributed by atoms with van der Waals surface area (Å²) in [5, 5.41) is 3.04. The van der Waals surface area contributed by atoms with Crippen LogP contribution in [0.4, 0.5) is 0 Å². The number of pyridine rings is 1. The van der Waals surface area contributed by atoms with Crippen molar-refractivity contribution in [2.45, 2.75) is 26.4 Å². The first-order valence-corrected chi connectivity index (χ1v) is 8.13. The van der Waals surface area contributed by atoms with Crippen LogP contribution in [0, 0.1) is 17.8 Å². The highest BCUT2D eigenvalue weighted by Crippen LogP contribution is 2.34. The number of aromatic nitrogens is 1. The van der Waals surface area contributed by atoms with Crippen LogP contribution in [0.5, 0.6) is 0 Å². The Morgan fingerprint density at radius 2 is 2.14 bits per heavy atom. The average Bonchev–Trinajstić information content (AvgIpc) is 2.89. The summed E-state index contributed by atoms with van der Waals surface area (Å²) in [6.07, 6.45) is 3.67. The number of nitrogens with one attached hydrogen (secondary N) is 1. The van der Waals surface area contributed by atoms with Gasteiger partial charge < -0.3 is 10.1 Å². The molecule has 5 heteroatoms. The first-order chi connectivity index (χ1) is 10.6. The zero-order chi connectivity index (χ0) is 15.5. The smallest absolute Gasteiger partial charge is 0.225 e. The average molecular weight is 303 g/mol. The number of amides is 1. The molecule has 2 aliphatic heterocycles. The van der Waals surface area contributed by atoms with E-state index < -0.39 is 0 Å². The Bertz CT molecular complexity index is 506. The Hall–Kier alpha value is -1.46. The van der Waals surface area contributed by atoms with Gasteiger partial charge >= 0.3 is 0 Å². The molecule has 1 aromatic rings. The summed E-state index contributed by atoms with van der Waals surface area (Å²) in [6, 6.07) is 4.30. The van der Waals surface area contributed by atoms with Crippen molar-refractivity contribution in [2.24, 2.45) is 17.8 Å². The van der Waals surface area contributed by atoms with Gasteiger partial charge in [-0.3, -0.25) is 14.7 Å². The van der Waals surface area contributed by atoms with Crippen LogP contribution in [0.2, 0.25) is 0 Å². The van der Waals surface area contributed by atoms with Gasteiger partial charge in [-0.25, -0.2) is 0 Å². The molecule has 2 fully saturated rings. The summed E-state index contributed by atoms with van der Waals surface area (Å²) in [4.78, 5) is 18.9. The second kappa shape index (κ2) is 6.75. The highest BCUT2D eigenvalue weighted by atomic mass is 16.5. The van der Waals surface area contributed by atoms with Gasteiger partial charge in [0.1, 0.15) is 0 Å². The first-order valence-electron chi connectivity index (χ1n) is 8.13. The van der Waals surface area contributed by atoms with Crippen molar-refractivity contribution in [2.75, 3.05) is 26.3 Å². The fourth-order valence-electron chi connectivity index (χ4n) is 3.63. The molecule has 5 nitrogen and oxygen atoms in total. The van der Waals surface area contributed by atoms with E-state index in [1.165, 1.54) is 5.56 Å². The number of nitrogens with zero attached hydrogens (tertiary/aromatic N) is 2. The third kappa shape index (κ3) is 3.47. The molecular formula is C17H25N3O2. The number of ether oxygens (including phenoxy) is 1. The number of fused-ring (bicyclic) bond motifs is 1. The van der Waals surface area contributed by atoms with Gasteiger partial charge in [-0.15, -0.1) is 0 Å². The molecule has 0 bridgehead atoms. The van der Waals surface area contributed by atoms with Crippen molar-refractivity contribution < 1.29 is 9.53 Å². The monoisotopic (exact) mass is 303 g/mol. The van der Waals surface area contributed by atoms with E-state index in [-0.39, 0.29) is 17.9 Å². The molecule has 22 heavy (non-hydrogen) atoms. The molecule has 0 unspecified atom stereocenters. The van der Waals surface area contributed by atoms with Crippen LogP contribution in [-0.2, 0) is 16.1 Å². The third-order valence-electron chi connectivity index (χ3n) is 4.64. The molecule has 3 atom stereocenters. The van der Waals surface area contributed by atoms with Crippen molar-refractivity contribution in [3.05, 3.63) is 30.1 Å². The maximum atomic E-state index is 12.4. The van der Waals surface area contributed by atoms with E-state index in [9.17, 15) is 4.79 Å². The molecule has 0 radical (unpaired) electrons. The quantitative estimate of drug-likeness (QED) is 0.911. The molecule has 0 spiro atoms. The lowest BCUT2D eigenvalue weighted by Gasteiger charge is -2.32. The summed E-state index contributed by atoms with van der Waals surface area (Å²) in [6.45, 7) is 8.26. The number of rotatable bonds is 4. The second-order valence-electron chi connectivity index (χ2n) is 6.78. The van der Waals surface area contributed by atoms with Gasteiger partial charge in [0, 0.05) is 38.1 Å². The zero-order valence-electron chi connectivity index (χ0n) is 13.4. The maximum absolute atomic E-state index is 12.4. The summed E-state index contributed by atoms with van der Waals surface area (Å²) >= 11 is 0. The van der Waals surface area contributed by atoms with E-state index in [1.54, 1.807) is 0 Å². The predicted octanol–water partition coefficient (Wildman–Crippen LogP) is 1.30. The number of hydrogen-bond donors (Lipinski definition) is 1. The number of carbonyl (C=O) groups is 1. The van der Waals surface area contributed by atoms with Crippen molar-refractivity contribution in [1.29, 1.82) is 0 Å². The molecular weight excluding hydrogens is 278 g/mol. The number of carbonyl (C=O) groups excluding carboxylic acids is 1. The molecule has 3 heterocycles. The molecule has 120 valence electrons. The second-order valence-corrected chi connectivity index (χ2v) is 6.78. The van der Waals surface area contributed by atoms with E-state index in [2.05, 4.69) is 27.3 Å². The lowest BCUT2D eigenvalue weighted by Crippen LogP contribution is -2.46. The Kier molecular flexibility index (Phi) is 4.74. The van der Waals surface area contributed by atoms with Gasteiger partial charge in [-0.1, -0.05) is 0 Å². The summed E-state index contributed by atoms with van der Waals surface area (Å²) in [5.74, 6) is 1.02. The first kappa shape index (κ1) is 15.4. The van der Waals surface area contributed by atoms with Crippen LogP contribution in [0.1, 0.15) is 19.4 Å². The van der Waals surface area contributed by atoms with E-state index in [0.29, 0.717) is 18.4 Å². The molecule has 1 N–H and O–H groups in total. The molecule has 0 aliphatic carbocycles. The molecule has 1 amide bonds. The topological polar surface area (TPSA) is 54.5 Å². The van der Waals surface area contributed by atoms with Gasteiger partial charge in [-0.2, -0.15) is 0 Å². The van der Waals surface area contributed by atoms with Crippen LogP contribution in [-0.4, -0.2) is 48.1 Å². The Balaban J connectivity index is 1.63. The molecule has 2 saturated heterocycles. The number of likely N-dealkylation sites (tertiary alicyclic amines) is 1. The summed E-state index contributed by atoms with van der Waals surface area (Å²) in [7, 11) is 0. The summed E-state index contributed by atoms with van der Waals surface area (Å²) in [5.41, 5.74) is 1.28. The number of hydrogen-bond acceptors (Lipinski definition) is 4. The van der Waals surface area contributed by atoms with Crippen LogP contribution < -0.4 is 5.32 Å². The lowest BCUT2D eigenvalue weighted by atomic mass is 9.82. The van der Waals surface area contributed by atoms with Crippen LogP contribution in [0.3, 0.4) is 0 Å². The fraction of sp³-hybridized carbons (Fsp3) is 0.647. The van der Waals surface area contributed by atoms with E-state index in [1.807, 2.05) is 26.2 Å². The Morgan fingerprint density at radius 1 is 1.36 bits per heavy atom. The predicted molar refractivity (Wildman–Crippen MR) is 84.1 cm³/mol. The van der Waals surface area contributed by atoms with Crippen LogP contribution >= 0.6 is 0 Å². The van der Waals surface area contributed by atoms with Gasteiger partial charge in [-0.05, 0) is 43.4 Å². The van der Waals surface area contributed by atoms with Crippen LogP contribution in [0.15, 0.2) is 24.5 Å². The summed E-state index contributed by atoms with van der Waals surface area (Å²) < 4.78 is 5.70. The van der Waals surface area contributed by atoms with Gasteiger partial charge in [0.15, 0.2) is 0 Å². The van der Waals surface area contributed by atoms with E-state index in [4.69, 9.17) is 4.74 Å². The normalized spacial score (nSPS) is 28.6. The van der Waals surface area contributed by atoms with Crippen molar-refractivity contribution in [1.82, 2.24) is 15.2 Å². The highest BCUT2D eigenvalue weighted by Gasteiger charge is 2.43. The van der Waals surface area contributed by atoms with E-state index >= 15 is 0 Å². The Labute approximate surface area is 132 Å². The Morgan fingerprint density at radius 3 is 2.86 bits per heavy atom. The molecule has 0 aromatic carbocycles. The third-order valence-corrected chi connectivity index (χ3v) is 4.64. The van der Waals surface area contributed by atoms with Crippen molar-refractivity contribution in [3.8, 4) is 0 Å². The molecule has 3 rings (SSSR count). The van der Waals surface area contributed by atoms with Gasteiger partial charge in [0.25, 0.3) is 0 Å². The molecule has 1 aromatic heterocycles. The van der Waals surface area contributed by atoms with Gasteiger partial charge in [0.05, 0.1) is 19.1 Å². The minimum absolute atomic E-state index is 0.0106. The van der Waals surface area contributed by atoms with Gasteiger partial charge in [0.2, 0.25) is 5.91 Å². The largest absolute Gasteiger partial charge is 0.380 e. The maximum Gasteiger partial charge on any atom is 0.225 e. The molecule has 2 aliphatic rings. The lowest BCUT2D eigenvalue weighted by molar-refractivity contribution is -0.134.